The molecule has 2 heterocycles. The molecule has 0 radical (unpaired) electrons. The Bertz CT molecular complexity index is 578. The summed E-state index contributed by atoms with van der Waals surface area (Å²) < 4.78 is 7.23. The van der Waals surface area contributed by atoms with E-state index in [0.717, 1.165) is 0 Å². The van der Waals surface area contributed by atoms with Crippen molar-refractivity contribution in [3.63, 3.8) is 0 Å². The van der Waals surface area contributed by atoms with E-state index in [1.807, 2.05) is 27.7 Å². The number of hydrogen-bond acceptors (Lipinski definition) is 6. The van der Waals surface area contributed by atoms with Gasteiger partial charge in [-0.1, -0.05) is 13.8 Å². The lowest BCUT2D eigenvalue weighted by Crippen LogP contribution is -2.13. The molecule has 0 aromatic carbocycles. The van der Waals surface area contributed by atoms with Crippen LogP contribution in [0.5, 0.6) is 5.75 Å². The van der Waals surface area contributed by atoms with Gasteiger partial charge in [-0.05, 0) is 13.8 Å². The Hall–Kier alpha value is -2.15. The number of rotatable bonds is 5. The lowest BCUT2D eigenvalue weighted by molar-refractivity contribution is 0.242. The maximum absolute atomic E-state index is 5.58. The first kappa shape index (κ1) is 14.3. The van der Waals surface area contributed by atoms with Gasteiger partial charge in [0, 0.05) is 12.0 Å². The van der Waals surface area contributed by atoms with Crippen molar-refractivity contribution in [1.82, 2.24) is 19.7 Å². The van der Waals surface area contributed by atoms with Crippen LogP contribution in [0.1, 0.15) is 39.4 Å². The highest BCUT2D eigenvalue weighted by molar-refractivity contribution is 5.41. The molecule has 0 aliphatic heterocycles. The van der Waals surface area contributed by atoms with E-state index >= 15 is 0 Å². The van der Waals surface area contributed by atoms with Crippen LogP contribution in [0.3, 0.4) is 0 Å². The average Bonchev–Trinajstić information content (AvgIpc) is 2.85. The van der Waals surface area contributed by atoms with Gasteiger partial charge in [-0.3, -0.25) is 0 Å². The first-order chi connectivity index (χ1) is 9.49. The summed E-state index contributed by atoms with van der Waals surface area (Å²) in [5.41, 5.74) is 2.55. The smallest absolute Gasteiger partial charge is 0.159 e. The molecule has 0 aliphatic rings. The summed E-state index contributed by atoms with van der Waals surface area (Å²) in [6.07, 6.45) is 3.55. The number of hydrazine groups is 1. The molecule has 0 spiro atoms. The van der Waals surface area contributed by atoms with E-state index in [2.05, 4.69) is 20.5 Å². The van der Waals surface area contributed by atoms with Gasteiger partial charge in [0.1, 0.15) is 11.6 Å². The molecule has 0 bridgehead atoms. The Morgan fingerprint density at radius 3 is 2.60 bits per heavy atom. The predicted molar refractivity (Wildman–Crippen MR) is 76.8 cm³/mol. The number of ether oxygens (including phenoxy) is 1. The third-order valence-electron chi connectivity index (χ3n) is 2.56. The summed E-state index contributed by atoms with van der Waals surface area (Å²) in [7, 11) is 0. The second-order valence-corrected chi connectivity index (χ2v) is 5.06. The van der Waals surface area contributed by atoms with Crippen LogP contribution < -0.4 is 16.0 Å². The van der Waals surface area contributed by atoms with Gasteiger partial charge in [0.05, 0.1) is 18.5 Å². The third-order valence-corrected chi connectivity index (χ3v) is 2.56. The predicted octanol–water partition coefficient (Wildman–Crippen LogP) is 1.86. The fourth-order valence-corrected chi connectivity index (χ4v) is 1.67. The standard InChI is InChI=1S/C13H20N6O/c1-8(2)13-16-11(18-14)5-12(17-13)19-7-10(6-15-19)20-9(3)4/h5-9H,14H2,1-4H3,(H,16,17,18). The lowest BCUT2D eigenvalue weighted by atomic mass is 10.2. The fraction of sp³-hybridized carbons (Fsp3) is 0.462. The van der Waals surface area contributed by atoms with Gasteiger partial charge in [0.25, 0.3) is 0 Å². The molecule has 0 atom stereocenters. The van der Waals surface area contributed by atoms with Crippen LogP contribution in [-0.4, -0.2) is 25.9 Å². The van der Waals surface area contributed by atoms with Crippen LogP contribution in [0.2, 0.25) is 0 Å². The zero-order chi connectivity index (χ0) is 14.7. The van der Waals surface area contributed by atoms with E-state index in [-0.39, 0.29) is 12.0 Å². The molecule has 0 unspecified atom stereocenters. The van der Waals surface area contributed by atoms with Crippen LogP contribution in [0.4, 0.5) is 5.82 Å². The van der Waals surface area contributed by atoms with Gasteiger partial charge in [-0.15, -0.1) is 0 Å². The topological polar surface area (TPSA) is 90.9 Å². The Labute approximate surface area is 118 Å². The third kappa shape index (κ3) is 3.24. The van der Waals surface area contributed by atoms with E-state index in [0.29, 0.717) is 23.2 Å². The molecule has 7 heteroatoms. The fourth-order valence-electron chi connectivity index (χ4n) is 1.67. The Morgan fingerprint density at radius 1 is 1.25 bits per heavy atom. The van der Waals surface area contributed by atoms with Crippen molar-refractivity contribution >= 4 is 5.82 Å². The molecule has 0 aliphatic carbocycles. The van der Waals surface area contributed by atoms with Crippen molar-refractivity contribution in [3.05, 3.63) is 24.3 Å². The van der Waals surface area contributed by atoms with Gasteiger partial charge in [-0.2, -0.15) is 5.10 Å². The van der Waals surface area contributed by atoms with Gasteiger partial charge in [-0.25, -0.2) is 20.5 Å². The molecule has 0 saturated carbocycles. The normalized spacial score (nSPS) is 11.2. The van der Waals surface area contributed by atoms with Crippen molar-refractivity contribution in [3.8, 4) is 11.6 Å². The minimum Gasteiger partial charge on any atom is -0.488 e. The number of anilines is 1. The molecular formula is C13H20N6O. The largest absolute Gasteiger partial charge is 0.488 e. The van der Waals surface area contributed by atoms with Gasteiger partial charge in [0.2, 0.25) is 0 Å². The summed E-state index contributed by atoms with van der Waals surface area (Å²) in [4.78, 5) is 8.79. The van der Waals surface area contributed by atoms with Crippen LogP contribution in [0.25, 0.3) is 5.82 Å². The van der Waals surface area contributed by atoms with Gasteiger partial charge >= 0.3 is 0 Å². The van der Waals surface area contributed by atoms with E-state index < -0.39 is 0 Å². The average molecular weight is 276 g/mol. The molecule has 0 fully saturated rings. The van der Waals surface area contributed by atoms with E-state index in [4.69, 9.17) is 10.6 Å². The number of nitrogens with one attached hydrogen (secondary N) is 1. The summed E-state index contributed by atoms with van der Waals surface area (Å²) >= 11 is 0. The van der Waals surface area contributed by atoms with Crippen molar-refractivity contribution in [1.29, 1.82) is 0 Å². The minimum absolute atomic E-state index is 0.102. The van der Waals surface area contributed by atoms with E-state index in [1.165, 1.54) is 0 Å². The molecule has 2 rings (SSSR count). The molecule has 7 nitrogen and oxygen atoms in total. The molecule has 3 N–H and O–H groups in total. The minimum atomic E-state index is 0.102. The number of aromatic nitrogens is 4. The molecular weight excluding hydrogens is 256 g/mol. The quantitative estimate of drug-likeness (QED) is 0.640. The van der Waals surface area contributed by atoms with Crippen molar-refractivity contribution in [2.75, 3.05) is 5.43 Å². The Morgan fingerprint density at radius 2 is 2.00 bits per heavy atom. The van der Waals surface area contributed by atoms with Crippen LogP contribution in [-0.2, 0) is 0 Å². The van der Waals surface area contributed by atoms with Crippen LogP contribution >= 0.6 is 0 Å². The summed E-state index contributed by atoms with van der Waals surface area (Å²) in [5.74, 6) is 8.25. The highest BCUT2D eigenvalue weighted by atomic mass is 16.5. The molecule has 2 aromatic rings. The molecule has 108 valence electrons. The summed E-state index contributed by atoms with van der Waals surface area (Å²) in [6, 6.07) is 1.73. The summed E-state index contributed by atoms with van der Waals surface area (Å²) in [6.45, 7) is 7.98. The Balaban J connectivity index is 2.36. The highest BCUT2D eigenvalue weighted by Gasteiger charge is 2.10. The monoisotopic (exact) mass is 276 g/mol. The zero-order valence-electron chi connectivity index (χ0n) is 12.2. The second-order valence-electron chi connectivity index (χ2n) is 5.06. The maximum atomic E-state index is 5.58. The van der Waals surface area contributed by atoms with Crippen LogP contribution in [0, 0.1) is 0 Å². The van der Waals surface area contributed by atoms with E-state index in [9.17, 15) is 0 Å². The lowest BCUT2D eigenvalue weighted by Gasteiger charge is -2.09. The number of hydrogen-bond donors (Lipinski definition) is 2. The molecule has 0 saturated heterocycles. The SMILES string of the molecule is CC(C)Oc1cnn(-c2cc(NN)nc(C(C)C)n2)c1. The zero-order valence-corrected chi connectivity index (χ0v) is 12.2. The maximum Gasteiger partial charge on any atom is 0.159 e. The molecule has 2 aromatic heterocycles. The van der Waals surface area contributed by atoms with Crippen LogP contribution in [0.15, 0.2) is 18.5 Å². The second kappa shape index (κ2) is 5.87. The summed E-state index contributed by atoms with van der Waals surface area (Å²) in [5, 5.41) is 4.25. The van der Waals surface area contributed by atoms with Gasteiger partial charge < -0.3 is 10.2 Å². The molecule has 0 amide bonds. The van der Waals surface area contributed by atoms with Crippen molar-refractivity contribution < 1.29 is 4.74 Å². The number of nitrogens with zero attached hydrogens (tertiary/aromatic N) is 4. The number of nitrogen functional groups attached to an aromatic ring is 1. The van der Waals surface area contributed by atoms with Gasteiger partial charge in [0.15, 0.2) is 11.6 Å². The molecule has 20 heavy (non-hydrogen) atoms. The van der Waals surface area contributed by atoms with E-state index in [1.54, 1.807) is 23.1 Å². The number of nitrogens with two attached hydrogens (primary N) is 1. The first-order valence-electron chi connectivity index (χ1n) is 6.57. The highest BCUT2D eigenvalue weighted by Crippen LogP contribution is 2.18. The van der Waals surface area contributed by atoms with Crippen molar-refractivity contribution in [2.24, 2.45) is 5.84 Å². The van der Waals surface area contributed by atoms with Crippen molar-refractivity contribution in [2.45, 2.75) is 39.7 Å². The Kier molecular flexibility index (Phi) is 4.19. The first-order valence-corrected chi connectivity index (χ1v) is 6.57.